The minimum absolute atomic E-state index is 0.242. The lowest BCUT2D eigenvalue weighted by molar-refractivity contribution is -0.306. The molecule has 0 N–H and O–H groups in total. The maximum atomic E-state index is 12.8. The van der Waals surface area contributed by atoms with Crippen molar-refractivity contribution in [2.24, 2.45) is 7.05 Å². The standard InChI is InChI=1S/C18H19N5O4/c1-20-15-14(16(26)23(18(20)27)11-13(24)25)22-9-5-8-21(17(22)19-15)10-12-6-3-2-4-7-12/h2-4,6-7H,5,8-11H2,1H3,(H,24,25)/p-1. The van der Waals surface area contributed by atoms with E-state index in [-0.39, 0.29) is 11.2 Å². The van der Waals surface area contributed by atoms with Gasteiger partial charge < -0.3 is 19.4 Å². The number of hydrogen-bond donors (Lipinski definition) is 0. The molecule has 27 heavy (non-hydrogen) atoms. The van der Waals surface area contributed by atoms with E-state index in [2.05, 4.69) is 9.88 Å². The van der Waals surface area contributed by atoms with Crippen LogP contribution in [-0.4, -0.2) is 31.2 Å². The van der Waals surface area contributed by atoms with Gasteiger partial charge >= 0.3 is 5.69 Å². The van der Waals surface area contributed by atoms with Crippen molar-refractivity contribution in [2.75, 3.05) is 11.4 Å². The fourth-order valence-corrected chi connectivity index (χ4v) is 3.56. The Labute approximate surface area is 153 Å². The number of carbonyl (C=O) groups is 1. The van der Waals surface area contributed by atoms with Crippen molar-refractivity contribution in [3.05, 3.63) is 56.7 Å². The van der Waals surface area contributed by atoms with E-state index >= 15 is 0 Å². The van der Waals surface area contributed by atoms with Gasteiger partial charge in [-0.1, -0.05) is 30.3 Å². The number of aryl methyl sites for hydroxylation is 2. The van der Waals surface area contributed by atoms with Gasteiger partial charge in [-0.3, -0.25) is 13.9 Å². The van der Waals surface area contributed by atoms with Crippen LogP contribution in [0.25, 0.3) is 11.2 Å². The number of carbonyl (C=O) groups excluding carboxylic acids is 1. The molecule has 0 saturated heterocycles. The molecule has 9 nitrogen and oxygen atoms in total. The summed E-state index contributed by atoms with van der Waals surface area (Å²) in [6, 6.07) is 9.91. The van der Waals surface area contributed by atoms with Crippen LogP contribution in [0.4, 0.5) is 5.95 Å². The zero-order chi connectivity index (χ0) is 19.1. The molecule has 0 spiro atoms. The maximum absolute atomic E-state index is 12.8. The molecule has 4 rings (SSSR count). The van der Waals surface area contributed by atoms with Crippen LogP contribution in [0.5, 0.6) is 0 Å². The number of fused-ring (bicyclic) bond motifs is 3. The molecule has 1 aliphatic rings. The fourth-order valence-electron chi connectivity index (χ4n) is 3.56. The molecule has 0 radical (unpaired) electrons. The van der Waals surface area contributed by atoms with Crippen LogP contribution in [0.3, 0.4) is 0 Å². The molecule has 2 aromatic heterocycles. The second-order valence-electron chi connectivity index (χ2n) is 6.60. The number of nitrogens with zero attached hydrogens (tertiary/aromatic N) is 5. The fraction of sp³-hybridized carbons (Fsp3) is 0.333. The molecule has 3 aromatic rings. The van der Waals surface area contributed by atoms with Crippen molar-refractivity contribution in [3.63, 3.8) is 0 Å². The Kier molecular flexibility index (Phi) is 4.06. The maximum Gasteiger partial charge on any atom is 0.332 e. The third-order valence-electron chi connectivity index (χ3n) is 4.81. The number of hydrogen-bond acceptors (Lipinski definition) is 6. The first-order valence-electron chi connectivity index (χ1n) is 8.66. The average molecular weight is 368 g/mol. The van der Waals surface area contributed by atoms with Gasteiger partial charge in [-0.25, -0.2) is 4.79 Å². The summed E-state index contributed by atoms with van der Waals surface area (Å²) >= 11 is 0. The van der Waals surface area contributed by atoms with E-state index in [0.29, 0.717) is 23.6 Å². The van der Waals surface area contributed by atoms with Crippen LogP contribution in [0.1, 0.15) is 12.0 Å². The summed E-state index contributed by atoms with van der Waals surface area (Å²) in [6.07, 6.45) is 0.814. The molecule has 3 heterocycles. The van der Waals surface area contributed by atoms with Crippen molar-refractivity contribution in [1.82, 2.24) is 18.7 Å². The Morgan fingerprint density at radius 1 is 1.19 bits per heavy atom. The van der Waals surface area contributed by atoms with Crippen molar-refractivity contribution < 1.29 is 9.90 Å². The number of aromatic nitrogens is 4. The Bertz CT molecular complexity index is 1140. The zero-order valence-corrected chi connectivity index (χ0v) is 14.8. The van der Waals surface area contributed by atoms with Gasteiger partial charge in [0.25, 0.3) is 5.56 Å². The van der Waals surface area contributed by atoms with Crippen LogP contribution < -0.4 is 21.3 Å². The molecule has 1 aromatic carbocycles. The molecular weight excluding hydrogens is 350 g/mol. The highest BCUT2D eigenvalue weighted by atomic mass is 16.4. The van der Waals surface area contributed by atoms with Crippen LogP contribution in [0.2, 0.25) is 0 Å². The van der Waals surface area contributed by atoms with Gasteiger partial charge in [0.2, 0.25) is 5.95 Å². The van der Waals surface area contributed by atoms with E-state index in [1.54, 1.807) is 4.57 Å². The largest absolute Gasteiger partial charge is 0.548 e. The van der Waals surface area contributed by atoms with E-state index in [0.717, 1.165) is 18.5 Å². The second-order valence-corrected chi connectivity index (χ2v) is 6.60. The predicted molar refractivity (Wildman–Crippen MR) is 96.4 cm³/mol. The number of carboxylic acids is 1. The number of anilines is 1. The van der Waals surface area contributed by atoms with Gasteiger partial charge in [-0.05, 0) is 12.0 Å². The first-order chi connectivity index (χ1) is 13.0. The third kappa shape index (κ3) is 2.80. The lowest BCUT2D eigenvalue weighted by Crippen LogP contribution is -2.44. The molecule has 0 saturated carbocycles. The zero-order valence-electron chi connectivity index (χ0n) is 14.8. The molecule has 0 aliphatic carbocycles. The lowest BCUT2D eigenvalue weighted by atomic mass is 10.2. The molecule has 9 heteroatoms. The first kappa shape index (κ1) is 17.1. The molecule has 0 unspecified atom stereocenters. The van der Waals surface area contributed by atoms with Crippen molar-refractivity contribution in [2.45, 2.75) is 26.1 Å². The number of imidazole rings is 1. The Hall–Kier alpha value is -3.36. The highest BCUT2D eigenvalue weighted by Gasteiger charge is 2.26. The second kappa shape index (κ2) is 6.42. The van der Waals surface area contributed by atoms with Gasteiger partial charge in [0, 0.05) is 26.7 Å². The van der Waals surface area contributed by atoms with Crippen molar-refractivity contribution in [1.29, 1.82) is 0 Å². The predicted octanol–water partition coefficient (Wildman–Crippen LogP) is -0.943. The Morgan fingerprint density at radius 2 is 1.93 bits per heavy atom. The third-order valence-corrected chi connectivity index (χ3v) is 4.81. The van der Waals surface area contributed by atoms with Crippen molar-refractivity contribution in [3.8, 4) is 0 Å². The Balaban J connectivity index is 1.89. The molecule has 0 fully saturated rings. The SMILES string of the molecule is Cn1c(=O)n(CC(=O)[O-])c(=O)c2c1nc1n2CCCN1Cc1ccccc1. The Morgan fingerprint density at radius 3 is 2.63 bits per heavy atom. The number of aliphatic carboxylic acids is 1. The van der Waals surface area contributed by atoms with Crippen LogP contribution in [-0.2, 0) is 31.5 Å². The highest BCUT2D eigenvalue weighted by molar-refractivity contribution is 5.75. The van der Waals surface area contributed by atoms with Gasteiger partial charge in [0.15, 0.2) is 11.2 Å². The summed E-state index contributed by atoms with van der Waals surface area (Å²) in [4.78, 5) is 42.8. The molecule has 0 amide bonds. The average Bonchev–Trinajstić information content (AvgIpc) is 3.05. The van der Waals surface area contributed by atoms with Crippen LogP contribution in [0.15, 0.2) is 39.9 Å². The summed E-state index contributed by atoms with van der Waals surface area (Å²) in [7, 11) is 1.48. The highest BCUT2D eigenvalue weighted by Crippen LogP contribution is 2.25. The summed E-state index contributed by atoms with van der Waals surface area (Å²) in [5.74, 6) is -0.879. The molecule has 0 bridgehead atoms. The van der Waals surface area contributed by atoms with Gasteiger partial charge in [-0.2, -0.15) is 4.98 Å². The van der Waals surface area contributed by atoms with Crippen LogP contribution >= 0.6 is 0 Å². The number of benzene rings is 1. The van der Waals surface area contributed by atoms with Gasteiger partial charge in [0.05, 0.1) is 12.5 Å². The number of carboxylic acid groups (broad SMARTS) is 1. The number of rotatable bonds is 4. The normalized spacial score (nSPS) is 13.7. The molecule has 140 valence electrons. The smallest absolute Gasteiger partial charge is 0.332 e. The monoisotopic (exact) mass is 368 g/mol. The topological polar surface area (TPSA) is 105 Å². The van der Waals surface area contributed by atoms with E-state index in [9.17, 15) is 19.5 Å². The molecule has 0 atom stereocenters. The minimum atomic E-state index is -1.49. The summed E-state index contributed by atoms with van der Waals surface area (Å²) in [5.41, 5.74) is 0.237. The first-order valence-corrected chi connectivity index (χ1v) is 8.66. The van der Waals surface area contributed by atoms with E-state index in [1.165, 1.54) is 11.6 Å². The van der Waals surface area contributed by atoms with Crippen LogP contribution in [0, 0.1) is 0 Å². The summed E-state index contributed by atoms with van der Waals surface area (Å²) in [5, 5.41) is 11.0. The quantitative estimate of drug-likeness (QED) is 0.588. The van der Waals surface area contributed by atoms with E-state index in [4.69, 9.17) is 0 Å². The minimum Gasteiger partial charge on any atom is -0.548 e. The molecule has 1 aliphatic heterocycles. The van der Waals surface area contributed by atoms with Gasteiger partial charge in [-0.15, -0.1) is 0 Å². The molecular formula is C18H18N5O4-. The lowest BCUT2D eigenvalue weighted by Gasteiger charge is -2.29. The van der Waals surface area contributed by atoms with E-state index < -0.39 is 23.8 Å². The van der Waals surface area contributed by atoms with Gasteiger partial charge in [0.1, 0.15) is 0 Å². The van der Waals surface area contributed by atoms with E-state index in [1.807, 2.05) is 30.3 Å². The summed E-state index contributed by atoms with van der Waals surface area (Å²) in [6.45, 7) is 1.20. The summed E-state index contributed by atoms with van der Waals surface area (Å²) < 4.78 is 3.67. The van der Waals surface area contributed by atoms with Crippen molar-refractivity contribution >= 4 is 23.1 Å².